The van der Waals surface area contributed by atoms with Gasteiger partial charge in [0.2, 0.25) is 0 Å². The van der Waals surface area contributed by atoms with E-state index < -0.39 is 5.97 Å². The Balaban J connectivity index is 1.92. The molecule has 94 valence electrons. The fourth-order valence-electron chi connectivity index (χ4n) is 1.44. The molecule has 0 fully saturated rings. The van der Waals surface area contributed by atoms with E-state index in [4.69, 9.17) is 9.84 Å². The molecule has 0 amide bonds. The van der Waals surface area contributed by atoms with E-state index >= 15 is 0 Å². The fraction of sp³-hybridized carbons (Fsp3) is 0.250. The van der Waals surface area contributed by atoms with Crippen LogP contribution in [0.1, 0.15) is 20.9 Å². The summed E-state index contributed by atoms with van der Waals surface area (Å²) in [5, 5.41) is 8.82. The highest BCUT2D eigenvalue weighted by Crippen LogP contribution is 2.15. The number of hydrogen-bond donors (Lipinski definition) is 1. The van der Waals surface area contributed by atoms with Gasteiger partial charge in [0, 0.05) is 17.5 Å². The molecule has 0 spiro atoms. The van der Waals surface area contributed by atoms with E-state index in [1.807, 2.05) is 6.92 Å². The van der Waals surface area contributed by atoms with Crippen LogP contribution in [0, 0.1) is 6.92 Å². The summed E-state index contributed by atoms with van der Waals surface area (Å²) < 4.78 is 5.48. The summed E-state index contributed by atoms with van der Waals surface area (Å²) in [7, 11) is 0. The Kier molecular flexibility index (Phi) is 3.88. The van der Waals surface area contributed by atoms with E-state index in [1.165, 1.54) is 23.3 Å². The zero-order valence-electron chi connectivity index (χ0n) is 9.79. The van der Waals surface area contributed by atoms with E-state index in [2.05, 4.69) is 9.97 Å². The summed E-state index contributed by atoms with van der Waals surface area (Å²) >= 11 is 1.59. The van der Waals surface area contributed by atoms with Gasteiger partial charge in [-0.05, 0) is 13.0 Å². The molecular formula is C12H12N2O3S. The van der Waals surface area contributed by atoms with Crippen molar-refractivity contribution in [1.82, 2.24) is 9.97 Å². The van der Waals surface area contributed by atoms with Crippen molar-refractivity contribution in [3.63, 3.8) is 0 Å². The van der Waals surface area contributed by atoms with E-state index in [0.717, 1.165) is 12.1 Å². The predicted molar refractivity (Wildman–Crippen MR) is 67.2 cm³/mol. The number of pyridine rings is 1. The van der Waals surface area contributed by atoms with Crippen molar-refractivity contribution < 1.29 is 14.6 Å². The van der Waals surface area contributed by atoms with Crippen LogP contribution in [0.5, 0.6) is 5.75 Å². The van der Waals surface area contributed by atoms with Gasteiger partial charge in [0.1, 0.15) is 5.75 Å². The van der Waals surface area contributed by atoms with Crippen LogP contribution in [0.4, 0.5) is 0 Å². The lowest BCUT2D eigenvalue weighted by molar-refractivity contribution is 0.0696. The largest absolute Gasteiger partial charge is 0.492 e. The predicted octanol–water partition coefficient (Wildman–Crippen LogP) is 2.17. The molecule has 6 heteroatoms. The van der Waals surface area contributed by atoms with Crippen molar-refractivity contribution in [1.29, 1.82) is 0 Å². The van der Waals surface area contributed by atoms with Crippen molar-refractivity contribution >= 4 is 17.3 Å². The normalized spacial score (nSPS) is 10.3. The van der Waals surface area contributed by atoms with Gasteiger partial charge in [0.05, 0.1) is 29.6 Å². The smallest absolute Gasteiger partial charge is 0.337 e. The Morgan fingerprint density at radius 1 is 1.50 bits per heavy atom. The minimum absolute atomic E-state index is 0.126. The third-order valence-electron chi connectivity index (χ3n) is 2.40. The Hall–Kier alpha value is -1.95. The molecular weight excluding hydrogens is 252 g/mol. The molecule has 2 heterocycles. The van der Waals surface area contributed by atoms with Crippen LogP contribution in [-0.4, -0.2) is 27.7 Å². The molecule has 0 aliphatic carbocycles. The SMILES string of the molecule is Cc1ncsc1CCOc1cncc(C(=O)O)c1. The number of nitrogens with zero attached hydrogens (tertiary/aromatic N) is 2. The standard InChI is InChI=1S/C12H12N2O3S/c1-8-11(18-7-14-8)2-3-17-10-4-9(12(15)16)5-13-6-10/h4-7H,2-3H2,1H3,(H,15,16). The Labute approximate surface area is 108 Å². The minimum Gasteiger partial charge on any atom is -0.492 e. The average molecular weight is 264 g/mol. The van der Waals surface area contributed by atoms with Crippen molar-refractivity contribution in [3.8, 4) is 5.75 Å². The number of carbonyl (C=O) groups is 1. The summed E-state index contributed by atoms with van der Waals surface area (Å²) in [5.41, 5.74) is 2.94. The van der Waals surface area contributed by atoms with Gasteiger partial charge in [-0.15, -0.1) is 11.3 Å². The van der Waals surface area contributed by atoms with Crippen molar-refractivity contribution in [2.45, 2.75) is 13.3 Å². The van der Waals surface area contributed by atoms with E-state index in [0.29, 0.717) is 12.4 Å². The first-order valence-corrected chi connectivity index (χ1v) is 6.25. The van der Waals surface area contributed by atoms with Gasteiger partial charge in [0.25, 0.3) is 0 Å². The lowest BCUT2D eigenvalue weighted by Crippen LogP contribution is -2.03. The van der Waals surface area contributed by atoms with Gasteiger partial charge < -0.3 is 9.84 Å². The molecule has 2 aromatic rings. The molecule has 2 rings (SSSR count). The zero-order chi connectivity index (χ0) is 13.0. The van der Waals surface area contributed by atoms with E-state index in [-0.39, 0.29) is 5.56 Å². The molecule has 1 N–H and O–H groups in total. The van der Waals surface area contributed by atoms with Gasteiger partial charge in [-0.3, -0.25) is 4.98 Å². The van der Waals surface area contributed by atoms with E-state index in [1.54, 1.807) is 16.8 Å². The number of aromatic carboxylic acids is 1. The van der Waals surface area contributed by atoms with Crippen LogP contribution >= 0.6 is 11.3 Å². The first kappa shape index (κ1) is 12.5. The molecule has 0 aromatic carbocycles. The molecule has 18 heavy (non-hydrogen) atoms. The number of carboxylic acids is 1. The van der Waals surface area contributed by atoms with Crippen LogP contribution in [0.15, 0.2) is 24.0 Å². The Morgan fingerprint density at radius 2 is 2.33 bits per heavy atom. The van der Waals surface area contributed by atoms with Crippen LogP contribution < -0.4 is 4.74 Å². The lowest BCUT2D eigenvalue weighted by atomic mass is 10.3. The number of thiazole rings is 1. The Bertz CT molecular complexity index is 554. The summed E-state index contributed by atoms with van der Waals surface area (Å²) in [6.45, 7) is 2.44. The second-order valence-corrected chi connectivity index (χ2v) is 4.61. The number of rotatable bonds is 5. The molecule has 0 aliphatic heterocycles. The monoisotopic (exact) mass is 264 g/mol. The van der Waals surface area contributed by atoms with Crippen LogP contribution in [0.3, 0.4) is 0 Å². The summed E-state index contributed by atoms with van der Waals surface area (Å²) in [5.74, 6) is -0.539. The number of ether oxygens (including phenoxy) is 1. The number of aromatic nitrogens is 2. The summed E-state index contributed by atoms with van der Waals surface area (Å²) in [4.78, 5) is 19.9. The maximum absolute atomic E-state index is 10.8. The number of hydrogen-bond acceptors (Lipinski definition) is 5. The molecule has 0 aliphatic rings. The van der Waals surface area contributed by atoms with Crippen molar-refractivity contribution in [2.75, 3.05) is 6.61 Å². The van der Waals surface area contributed by atoms with Gasteiger partial charge in [-0.25, -0.2) is 9.78 Å². The molecule has 0 saturated carbocycles. The van der Waals surface area contributed by atoms with Crippen molar-refractivity contribution in [2.24, 2.45) is 0 Å². The van der Waals surface area contributed by atoms with Crippen LogP contribution in [-0.2, 0) is 6.42 Å². The maximum Gasteiger partial charge on any atom is 0.337 e. The second kappa shape index (κ2) is 5.59. The molecule has 0 bridgehead atoms. The Morgan fingerprint density at radius 3 is 3.00 bits per heavy atom. The highest BCUT2D eigenvalue weighted by atomic mass is 32.1. The number of carboxylic acid groups (broad SMARTS) is 1. The molecule has 0 atom stereocenters. The van der Waals surface area contributed by atoms with Gasteiger partial charge >= 0.3 is 5.97 Å². The zero-order valence-corrected chi connectivity index (χ0v) is 10.6. The molecule has 0 unspecified atom stereocenters. The first-order valence-electron chi connectivity index (χ1n) is 5.37. The fourth-order valence-corrected chi connectivity index (χ4v) is 2.20. The molecule has 2 aromatic heterocycles. The highest BCUT2D eigenvalue weighted by Gasteiger charge is 2.06. The number of aryl methyl sites for hydroxylation is 1. The summed E-state index contributed by atoms with van der Waals surface area (Å²) in [6.07, 6.45) is 3.56. The quantitative estimate of drug-likeness (QED) is 0.896. The van der Waals surface area contributed by atoms with Gasteiger partial charge in [0.15, 0.2) is 0 Å². The molecule has 0 radical (unpaired) electrons. The topological polar surface area (TPSA) is 72.3 Å². The third kappa shape index (κ3) is 3.04. The minimum atomic E-state index is -1.01. The summed E-state index contributed by atoms with van der Waals surface area (Å²) in [6, 6.07) is 1.47. The van der Waals surface area contributed by atoms with Crippen LogP contribution in [0.2, 0.25) is 0 Å². The lowest BCUT2D eigenvalue weighted by Gasteiger charge is -2.05. The second-order valence-electron chi connectivity index (χ2n) is 3.67. The highest BCUT2D eigenvalue weighted by molar-refractivity contribution is 7.09. The van der Waals surface area contributed by atoms with Gasteiger partial charge in [-0.2, -0.15) is 0 Å². The maximum atomic E-state index is 10.8. The van der Waals surface area contributed by atoms with Crippen molar-refractivity contribution in [3.05, 3.63) is 40.1 Å². The van der Waals surface area contributed by atoms with Gasteiger partial charge in [-0.1, -0.05) is 0 Å². The molecule has 5 nitrogen and oxygen atoms in total. The van der Waals surface area contributed by atoms with Crippen LogP contribution in [0.25, 0.3) is 0 Å². The average Bonchev–Trinajstić information content (AvgIpc) is 2.76. The van der Waals surface area contributed by atoms with E-state index in [9.17, 15) is 4.79 Å². The first-order chi connectivity index (χ1) is 8.66. The molecule has 0 saturated heterocycles. The third-order valence-corrected chi connectivity index (χ3v) is 3.40.